The van der Waals surface area contributed by atoms with E-state index in [1.807, 2.05) is 0 Å². The Kier molecular flexibility index (Phi) is 5.30. The molecule has 120 valence electrons. The smallest absolute Gasteiger partial charge is 0.344 e. The summed E-state index contributed by atoms with van der Waals surface area (Å²) in [5.41, 5.74) is 1.12. The largest absolute Gasteiger partial charge is 0.493 e. The van der Waals surface area contributed by atoms with Crippen molar-refractivity contribution < 1.29 is 23.8 Å². The number of rotatable bonds is 6. The van der Waals surface area contributed by atoms with Crippen LogP contribution in [0.4, 0.5) is 10.1 Å². The third-order valence-electron chi connectivity index (χ3n) is 3.05. The molecular weight excluding hydrogens is 301 g/mol. The number of benzene rings is 2. The van der Waals surface area contributed by atoms with Gasteiger partial charge in [0.2, 0.25) is 0 Å². The number of ether oxygens (including phenoxy) is 2. The number of aliphatic carboxylic acids is 1. The highest BCUT2D eigenvalue weighted by Gasteiger charge is 2.17. The van der Waals surface area contributed by atoms with E-state index in [2.05, 4.69) is 4.99 Å². The number of carboxylic acids is 1. The molecular formula is C17H16FNO4. The first-order valence-corrected chi connectivity index (χ1v) is 6.87. The van der Waals surface area contributed by atoms with Crippen LogP contribution >= 0.6 is 0 Å². The normalized spacial score (nSPS) is 12.1. The molecule has 0 aromatic heterocycles. The standard InChI is InChI=1S/C17H16FNO4/c1-11(17(20)21)23-16-12(4-3-5-15(16)22-2)10-19-14-8-6-13(18)7-9-14/h3-11H,1-2H3,(H,20,21)/t11-/m1/s1. The van der Waals surface area contributed by atoms with Crippen LogP contribution in [0.3, 0.4) is 0 Å². The first-order valence-electron chi connectivity index (χ1n) is 6.87. The summed E-state index contributed by atoms with van der Waals surface area (Å²) in [7, 11) is 1.47. The van der Waals surface area contributed by atoms with E-state index in [0.717, 1.165) is 0 Å². The van der Waals surface area contributed by atoms with Crippen molar-refractivity contribution in [2.45, 2.75) is 13.0 Å². The number of nitrogens with zero attached hydrogens (tertiary/aromatic N) is 1. The van der Waals surface area contributed by atoms with Gasteiger partial charge < -0.3 is 14.6 Å². The van der Waals surface area contributed by atoms with E-state index < -0.39 is 12.1 Å². The molecule has 0 aliphatic carbocycles. The van der Waals surface area contributed by atoms with Crippen LogP contribution in [0.5, 0.6) is 11.5 Å². The van der Waals surface area contributed by atoms with E-state index in [4.69, 9.17) is 14.6 Å². The van der Waals surface area contributed by atoms with Gasteiger partial charge in [0.25, 0.3) is 0 Å². The summed E-state index contributed by atoms with van der Waals surface area (Å²) in [6.45, 7) is 1.43. The summed E-state index contributed by atoms with van der Waals surface area (Å²) in [5.74, 6) is -0.737. The maximum atomic E-state index is 12.9. The molecule has 0 amide bonds. The van der Waals surface area contributed by atoms with Gasteiger partial charge in [-0.3, -0.25) is 4.99 Å². The van der Waals surface area contributed by atoms with Crippen molar-refractivity contribution in [2.75, 3.05) is 7.11 Å². The zero-order valence-corrected chi connectivity index (χ0v) is 12.7. The second kappa shape index (κ2) is 7.40. The minimum Gasteiger partial charge on any atom is -0.493 e. The van der Waals surface area contributed by atoms with Gasteiger partial charge in [-0.05, 0) is 43.3 Å². The fourth-order valence-corrected chi connectivity index (χ4v) is 1.82. The Labute approximate surface area is 133 Å². The van der Waals surface area contributed by atoms with E-state index in [-0.39, 0.29) is 11.6 Å². The molecule has 0 saturated carbocycles. The topological polar surface area (TPSA) is 68.1 Å². The average molecular weight is 317 g/mol. The Morgan fingerprint density at radius 2 is 1.96 bits per heavy atom. The average Bonchev–Trinajstić information content (AvgIpc) is 2.55. The second-order valence-corrected chi connectivity index (χ2v) is 4.71. The van der Waals surface area contributed by atoms with Crippen molar-refractivity contribution in [1.82, 2.24) is 0 Å². The molecule has 0 aliphatic rings. The monoisotopic (exact) mass is 317 g/mol. The third-order valence-corrected chi connectivity index (χ3v) is 3.05. The van der Waals surface area contributed by atoms with Crippen LogP contribution in [-0.2, 0) is 4.79 Å². The highest BCUT2D eigenvalue weighted by molar-refractivity contribution is 5.87. The SMILES string of the molecule is COc1cccc(C=Nc2ccc(F)cc2)c1O[C@H](C)C(=O)O. The van der Waals surface area contributed by atoms with E-state index >= 15 is 0 Å². The Hall–Kier alpha value is -2.89. The summed E-state index contributed by atoms with van der Waals surface area (Å²) >= 11 is 0. The number of methoxy groups -OCH3 is 1. The number of carbonyl (C=O) groups is 1. The van der Waals surface area contributed by atoms with Gasteiger partial charge in [-0.25, -0.2) is 9.18 Å². The summed E-state index contributed by atoms with van der Waals surface area (Å²) in [6.07, 6.45) is 0.476. The van der Waals surface area contributed by atoms with Crippen molar-refractivity contribution in [3.05, 3.63) is 53.8 Å². The number of halogens is 1. The first kappa shape index (κ1) is 16.5. The molecule has 2 aromatic carbocycles. The van der Waals surface area contributed by atoms with Gasteiger partial charge in [0, 0.05) is 11.8 Å². The maximum absolute atomic E-state index is 12.9. The van der Waals surface area contributed by atoms with Crippen molar-refractivity contribution in [1.29, 1.82) is 0 Å². The lowest BCUT2D eigenvalue weighted by Gasteiger charge is -2.15. The Balaban J connectivity index is 2.33. The predicted octanol–water partition coefficient (Wildman–Crippen LogP) is 3.44. The highest BCUT2D eigenvalue weighted by atomic mass is 19.1. The van der Waals surface area contributed by atoms with Crippen molar-refractivity contribution in [3.63, 3.8) is 0 Å². The molecule has 23 heavy (non-hydrogen) atoms. The fraction of sp³-hybridized carbons (Fsp3) is 0.176. The van der Waals surface area contributed by atoms with Crippen LogP contribution in [0.25, 0.3) is 0 Å². The second-order valence-electron chi connectivity index (χ2n) is 4.71. The van der Waals surface area contributed by atoms with Crippen LogP contribution in [0, 0.1) is 5.82 Å². The molecule has 2 aromatic rings. The number of aliphatic imine (C=N–C) groups is 1. The molecule has 0 unspecified atom stereocenters. The van der Waals surface area contributed by atoms with Crippen molar-refractivity contribution >= 4 is 17.9 Å². The number of para-hydroxylation sites is 1. The molecule has 0 bridgehead atoms. The Bertz CT molecular complexity index is 713. The van der Waals surface area contributed by atoms with Gasteiger partial charge >= 0.3 is 5.97 Å². The Morgan fingerprint density at radius 3 is 2.57 bits per heavy atom. The van der Waals surface area contributed by atoms with E-state index in [1.54, 1.807) is 18.2 Å². The van der Waals surface area contributed by atoms with Crippen LogP contribution in [0.2, 0.25) is 0 Å². The molecule has 2 rings (SSSR count). The number of carboxylic acid groups (broad SMARTS) is 1. The van der Waals surface area contributed by atoms with E-state index in [1.165, 1.54) is 44.5 Å². The lowest BCUT2D eigenvalue weighted by Crippen LogP contribution is -2.23. The minimum absolute atomic E-state index is 0.288. The quantitative estimate of drug-likeness (QED) is 0.829. The fourth-order valence-electron chi connectivity index (χ4n) is 1.82. The molecule has 0 heterocycles. The van der Waals surface area contributed by atoms with Crippen LogP contribution < -0.4 is 9.47 Å². The molecule has 0 spiro atoms. The van der Waals surface area contributed by atoms with Crippen LogP contribution in [0.15, 0.2) is 47.5 Å². The molecule has 0 fully saturated rings. The van der Waals surface area contributed by atoms with Gasteiger partial charge in [-0.2, -0.15) is 0 Å². The van der Waals surface area contributed by atoms with Gasteiger partial charge in [-0.1, -0.05) is 6.07 Å². The highest BCUT2D eigenvalue weighted by Crippen LogP contribution is 2.31. The van der Waals surface area contributed by atoms with Gasteiger partial charge in [-0.15, -0.1) is 0 Å². The summed E-state index contributed by atoms with van der Waals surface area (Å²) in [4.78, 5) is 15.2. The van der Waals surface area contributed by atoms with Gasteiger partial charge in [0.15, 0.2) is 17.6 Å². The predicted molar refractivity (Wildman–Crippen MR) is 84.4 cm³/mol. The van der Waals surface area contributed by atoms with Crippen LogP contribution in [-0.4, -0.2) is 30.5 Å². The number of hydrogen-bond acceptors (Lipinski definition) is 4. The molecule has 5 nitrogen and oxygen atoms in total. The van der Waals surface area contributed by atoms with E-state index in [9.17, 15) is 9.18 Å². The first-order chi connectivity index (χ1) is 11.0. The van der Waals surface area contributed by atoms with Gasteiger partial charge in [0.1, 0.15) is 5.82 Å². The zero-order valence-electron chi connectivity index (χ0n) is 12.7. The molecule has 6 heteroatoms. The zero-order chi connectivity index (χ0) is 16.8. The minimum atomic E-state index is -1.09. The van der Waals surface area contributed by atoms with Crippen molar-refractivity contribution in [2.24, 2.45) is 4.99 Å². The van der Waals surface area contributed by atoms with E-state index in [0.29, 0.717) is 17.0 Å². The summed E-state index contributed by atoms with van der Waals surface area (Å²) in [5, 5.41) is 9.00. The van der Waals surface area contributed by atoms with Crippen molar-refractivity contribution in [3.8, 4) is 11.5 Å². The van der Waals surface area contributed by atoms with Crippen LogP contribution in [0.1, 0.15) is 12.5 Å². The lowest BCUT2D eigenvalue weighted by molar-refractivity contribution is -0.144. The Morgan fingerprint density at radius 1 is 1.26 bits per heavy atom. The summed E-state index contributed by atoms with van der Waals surface area (Å²) < 4.78 is 23.6. The molecule has 1 N–H and O–H groups in total. The summed E-state index contributed by atoms with van der Waals surface area (Å²) in [6, 6.07) is 10.8. The third kappa shape index (κ3) is 4.29. The molecule has 0 saturated heterocycles. The molecule has 1 atom stereocenters. The lowest BCUT2D eigenvalue weighted by atomic mass is 10.2. The molecule has 0 aliphatic heterocycles. The number of hydrogen-bond donors (Lipinski definition) is 1. The molecule has 0 radical (unpaired) electrons. The van der Waals surface area contributed by atoms with Gasteiger partial charge in [0.05, 0.1) is 12.8 Å². The maximum Gasteiger partial charge on any atom is 0.344 e.